The van der Waals surface area contributed by atoms with Gasteiger partial charge in [0.05, 0.1) is 19.5 Å². The number of amidine groups is 1. The maximum atomic E-state index is 11.4. The molecule has 1 rings (SSSR count). The fourth-order valence-corrected chi connectivity index (χ4v) is 3.32. The molecule has 0 aromatic heterocycles. The topological polar surface area (TPSA) is 41.5 Å². The van der Waals surface area contributed by atoms with Crippen LogP contribution in [0.3, 0.4) is 0 Å². The Labute approximate surface area is 136 Å². The molecule has 2 atom stereocenters. The summed E-state index contributed by atoms with van der Waals surface area (Å²) in [5.41, 5.74) is 0. The Morgan fingerprint density at radius 1 is 1.32 bits per heavy atom. The minimum Gasteiger partial charge on any atom is -0.307 e. The number of unbranched alkanes of at least 4 members (excludes halogenated alkanes) is 4. The third kappa shape index (κ3) is 5.24. The Kier molecular flexibility index (Phi) is 8.39. The molecule has 0 spiro atoms. The number of amides is 1. The van der Waals surface area contributed by atoms with E-state index in [1.54, 1.807) is 6.92 Å². The summed E-state index contributed by atoms with van der Waals surface area (Å²) in [7, 11) is 0. The summed E-state index contributed by atoms with van der Waals surface area (Å²) >= 11 is 0. The fourth-order valence-electron chi connectivity index (χ4n) is 3.32. The van der Waals surface area contributed by atoms with Gasteiger partial charge in [0.15, 0.2) is 6.17 Å². The highest BCUT2D eigenvalue weighted by molar-refractivity contribution is 5.79. The predicted molar refractivity (Wildman–Crippen MR) is 93.8 cm³/mol. The monoisotopic (exact) mass is 308 g/mol. The van der Waals surface area contributed by atoms with Gasteiger partial charge in [-0.15, -0.1) is 0 Å². The third-order valence-electron chi connectivity index (χ3n) is 4.72. The van der Waals surface area contributed by atoms with Gasteiger partial charge in [0, 0.05) is 13.8 Å². The number of nitrogens with one attached hydrogen (secondary N) is 1. The molecule has 1 N–H and O–H groups in total. The van der Waals surface area contributed by atoms with Crippen molar-refractivity contribution in [3.8, 4) is 0 Å². The van der Waals surface area contributed by atoms with Gasteiger partial charge in [-0.3, -0.25) is 9.28 Å². The zero-order valence-corrected chi connectivity index (χ0v) is 14.9. The molecular weight excluding hydrogens is 274 g/mol. The van der Waals surface area contributed by atoms with Gasteiger partial charge in [-0.1, -0.05) is 38.3 Å². The van der Waals surface area contributed by atoms with E-state index >= 15 is 0 Å². The fraction of sp³-hybridized carbons (Fsp3) is 0.778. The van der Waals surface area contributed by atoms with Crippen LogP contribution in [0.1, 0.15) is 66.2 Å². The molecule has 1 heterocycles. The molecule has 126 valence electrons. The predicted octanol–water partition coefficient (Wildman–Crippen LogP) is 3.63. The molecule has 0 fully saturated rings. The van der Waals surface area contributed by atoms with E-state index in [-0.39, 0.29) is 12.1 Å². The van der Waals surface area contributed by atoms with Crippen molar-refractivity contribution in [2.45, 2.75) is 72.4 Å². The molecule has 0 aromatic rings. The first-order valence-corrected chi connectivity index (χ1v) is 8.89. The lowest BCUT2D eigenvalue weighted by atomic mass is 10.1. The lowest BCUT2D eigenvalue weighted by molar-refractivity contribution is -0.861. The first-order valence-electron chi connectivity index (χ1n) is 8.89. The zero-order valence-electron chi connectivity index (χ0n) is 14.9. The number of allylic oxidation sites excluding steroid dienone is 1. The van der Waals surface area contributed by atoms with Crippen LogP contribution in [-0.4, -0.2) is 42.0 Å². The van der Waals surface area contributed by atoms with Gasteiger partial charge in [0.2, 0.25) is 11.7 Å². The van der Waals surface area contributed by atoms with E-state index in [0.717, 1.165) is 30.5 Å². The minimum absolute atomic E-state index is 0.0381. The number of hydrogen-bond acceptors (Lipinski definition) is 2. The van der Waals surface area contributed by atoms with Crippen molar-refractivity contribution < 1.29 is 9.28 Å². The van der Waals surface area contributed by atoms with Gasteiger partial charge in [0.1, 0.15) is 6.54 Å². The Morgan fingerprint density at radius 3 is 2.73 bits per heavy atom. The molecule has 0 aliphatic carbocycles. The van der Waals surface area contributed by atoms with E-state index in [2.05, 4.69) is 38.2 Å². The van der Waals surface area contributed by atoms with Crippen molar-refractivity contribution in [2.24, 2.45) is 4.99 Å². The summed E-state index contributed by atoms with van der Waals surface area (Å²) in [6.45, 7) is 11.0. The molecule has 4 nitrogen and oxygen atoms in total. The van der Waals surface area contributed by atoms with Gasteiger partial charge >= 0.3 is 0 Å². The summed E-state index contributed by atoms with van der Waals surface area (Å²) in [6, 6.07) is 0. The maximum Gasteiger partial charge on any atom is 0.221 e. The van der Waals surface area contributed by atoms with Crippen LogP contribution >= 0.6 is 0 Å². The van der Waals surface area contributed by atoms with Gasteiger partial charge < -0.3 is 5.32 Å². The summed E-state index contributed by atoms with van der Waals surface area (Å²) in [4.78, 5) is 16.1. The number of rotatable bonds is 10. The molecular formula is C18H34N3O+. The lowest BCUT2D eigenvalue weighted by Gasteiger charge is -2.39. The van der Waals surface area contributed by atoms with E-state index in [0.29, 0.717) is 0 Å². The van der Waals surface area contributed by atoms with E-state index < -0.39 is 0 Å². The molecule has 4 heteroatoms. The second kappa shape index (κ2) is 9.78. The second-order valence-corrected chi connectivity index (χ2v) is 6.27. The van der Waals surface area contributed by atoms with Gasteiger partial charge in [-0.25, -0.2) is 4.99 Å². The van der Waals surface area contributed by atoms with Gasteiger partial charge in [-0.05, 0) is 19.8 Å². The van der Waals surface area contributed by atoms with E-state index in [1.165, 1.54) is 37.9 Å². The molecule has 0 aromatic carbocycles. The molecule has 1 aliphatic heterocycles. The van der Waals surface area contributed by atoms with Crippen molar-refractivity contribution in [1.82, 2.24) is 5.32 Å². The van der Waals surface area contributed by atoms with Crippen LogP contribution in [0.15, 0.2) is 17.1 Å². The molecule has 1 amide bonds. The van der Waals surface area contributed by atoms with Crippen LogP contribution in [0.4, 0.5) is 0 Å². The van der Waals surface area contributed by atoms with Crippen molar-refractivity contribution in [2.75, 3.05) is 19.6 Å². The van der Waals surface area contributed by atoms with Crippen LogP contribution in [0.2, 0.25) is 0 Å². The number of hydrogen-bond donors (Lipinski definition) is 1. The van der Waals surface area contributed by atoms with Crippen molar-refractivity contribution in [3.05, 3.63) is 12.2 Å². The van der Waals surface area contributed by atoms with Crippen LogP contribution in [0.25, 0.3) is 0 Å². The van der Waals surface area contributed by atoms with Crippen LogP contribution in [-0.2, 0) is 4.79 Å². The lowest BCUT2D eigenvalue weighted by Crippen LogP contribution is -2.62. The Balaban J connectivity index is 2.53. The first-order chi connectivity index (χ1) is 10.6. The second-order valence-electron chi connectivity index (χ2n) is 6.27. The Bertz CT molecular complexity index is 403. The Morgan fingerprint density at radius 2 is 2.09 bits per heavy atom. The average molecular weight is 308 g/mol. The Hall–Kier alpha value is -1.16. The smallest absolute Gasteiger partial charge is 0.221 e. The highest BCUT2D eigenvalue weighted by atomic mass is 16.1. The minimum atomic E-state index is 0.0381. The molecule has 22 heavy (non-hydrogen) atoms. The standard InChI is InChI=1S/C18H33N3O/c1-5-7-8-9-10-11-12-13-18-19-14-15-21(18,6-2)16(3)20-17(4)22/h11-12,16H,5-10,13-15H2,1-4H3/p+1/b12-11+. The van der Waals surface area contributed by atoms with E-state index in [4.69, 9.17) is 4.99 Å². The van der Waals surface area contributed by atoms with E-state index in [1.807, 2.05) is 0 Å². The summed E-state index contributed by atoms with van der Waals surface area (Å²) in [5.74, 6) is 1.25. The van der Waals surface area contributed by atoms with Crippen molar-refractivity contribution in [3.63, 3.8) is 0 Å². The summed E-state index contributed by atoms with van der Waals surface area (Å²) < 4.78 is 0.805. The largest absolute Gasteiger partial charge is 0.307 e. The SMILES string of the molecule is CCCCCC/C=C/CC1=NCC[N+]1(CC)C(C)NC(C)=O. The number of carbonyl (C=O) groups is 1. The number of carbonyl (C=O) groups excluding carboxylic acids is 1. The number of likely N-dealkylation sites (N-methyl/N-ethyl adjacent to an activating group) is 1. The number of aliphatic imine (C=N–C) groups is 1. The molecule has 2 unspecified atom stereocenters. The first kappa shape index (κ1) is 18.9. The normalized spacial score (nSPS) is 22.8. The van der Waals surface area contributed by atoms with Crippen LogP contribution in [0.5, 0.6) is 0 Å². The van der Waals surface area contributed by atoms with Crippen LogP contribution in [0, 0.1) is 0 Å². The molecule has 0 radical (unpaired) electrons. The maximum absolute atomic E-state index is 11.4. The molecule has 0 saturated heterocycles. The van der Waals surface area contributed by atoms with Crippen molar-refractivity contribution in [1.29, 1.82) is 0 Å². The van der Waals surface area contributed by atoms with Gasteiger partial charge in [-0.2, -0.15) is 0 Å². The molecule has 1 aliphatic rings. The quantitative estimate of drug-likeness (QED) is 0.374. The molecule has 0 bridgehead atoms. The highest BCUT2D eigenvalue weighted by Crippen LogP contribution is 2.21. The van der Waals surface area contributed by atoms with Gasteiger partial charge in [0.25, 0.3) is 0 Å². The summed E-state index contributed by atoms with van der Waals surface area (Å²) in [5, 5.41) is 3.06. The van der Waals surface area contributed by atoms with Crippen LogP contribution < -0.4 is 5.32 Å². The van der Waals surface area contributed by atoms with Crippen molar-refractivity contribution >= 4 is 11.7 Å². The number of quaternary nitrogens is 1. The van der Waals surface area contributed by atoms with E-state index in [9.17, 15) is 4.79 Å². The third-order valence-corrected chi connectivity index (χ3v) is 4.72. The summed E-state index contributed by atoms with van der Waals surface area (Å²) in [6.07, 6.45) is 12.0. The number of nitrogens with zero attached hydrogens (tertiary/aromatic N) is 2. The average Bonchev–Trinajstić information content (AvgIpc) is 2.90. The molecule has 0 saturated carbocycles. The zero-order chi connectivity index (χ0) is 16.4. The highest BCUT2D eigenvalue weighted by Gasteiger charge is 2.41.